The average molecular weight is 237 g/mol. The molecule has 4 nitrogen and oxygen atoms in total. The van der Waals surface area contributed by atoms with E-state index >= 15 is 0 Å². The van der Waals surface area contributed by atoms with Gasteiger partial charge in [0.1, 0.15) is 5.75 Å². The van der Waals surface area contributed by atoms with Crippen molar-refractivity contribution in [1.29, 1.82) is 0 Å². The van der Waals surface area contributed by atoms with Crippen LogP contribution >= 0.6 is 12.2 Å². The minimum absolute atomic E-state index is 0.152. The van der Waals surface area contributed by atoms with Crippen LogP contribution in [0.25, 0.3) is 0 Å². The third-order valence-electron chi connectivity index (χ3n) is 1.74. The van der Waals surface area contributed by atoms with Crippen molar-refractivity contribution in [3.8, 4) is 5.75 Å². The van der Waals surface area contributed by atoms with E-state index in [1.807, 2.05) is 24.3 Å². The maximum absolute atomic E-state index is 5.45. The standard InChI is InChI=1S/C11H15N3OS/c1-2-7-15-10-5-3-9(4-6-10)8-13-14-11(12)16/h3-6,8H,2,7H2,1H3,(H3,12,14,16)/b13-8-. The molecule has 0 heterocycles. The number of nitrogens with one attached hydrogen (secondary N) is 1. The molecule has 5 heteroatoms. The maximum Gasteiger partial charge on any atom is 0.184 e. The van der Waals surface area contributed by atoms with E-state index < -0.39 is 0 Å². The highest BCUT2D eigenvalue weighted by Gasteiger charge is 1.92. The molecule has 1 rings (SSSR count). The Morgan fingerprint density at radius 2 is 2.19 bits per heavy atom. The first-order valence-electron chi connectivity index (χ1n) is 5.03. The number of hydrogen-bond donors (Lipinski definition) is 2. The second-order valence-electron chi connectivity index (χ2n) is 3.15. The van der Waals surface area contributed by atoms with Gasteiger partial charge in [-0.2, -0.15) is 5.10 Å². The topological polar surface area (TPSA) is 59.6 Å². The lowest BCUT2D eigenvalue weighted by Gasteiger charge is -2.03. The van der Waals surface area contributed by atoms with Gasteiger partial charge < -0.3 is 10.5 Å². The summed E-state index contributed by atoms with van der Waals surface area (Å²) in [5.74, 6) is 0.862. The minimum atomic E-state index is 0.152. The van der Waals surface area contributed by atoms with Crippen molar-refractivity contribution in [3.05, 3.63) is 29.8 Å². The first-order chi connectivity index (χ1) is 7.72. The van der Waals surface area contributed by atoms with Crippen LogP contribution in [0, 0.1) is 0 Å². The van der Waals surface area contributed by atoms with Gasteiger partial charge >= 0.3 is 0 Å². The molecular formula is C11H15N3OS. The van der Waals surface area contributed by atoms with Crippen molar-refractivity contribution in [2.24, 2.45) is 10.8 Å². The molecule has 3 N–H and O–H groups in total. The summed E-state index contributed by atoms with van der Waals surface area (Å²) in [5, 5.41) is 4.00. The SMILES string of the molecule is CCCOc1ccc(/C=N\NC(N)=S)cc1. The molecule has 0 saturated carbocycles. The number of ether oxygens (including phenoxy) is 1. The zero-order valence-corrected chi connectivity index (χ0v) is 9.96. The number of rotatable bonds is 5. The van der Waals surface area contributed by atoms with Crippen LogP contribution in [0.15, 0.2) is 29.4 Å². The molecule has 0 amide bonds. The second-order valence-corrected chi connectivity index (χ2v) is 3.59. The normalized spacial score (nSPS) is 10.3. The van der Waals surface area contributed by atoms with E-state index in [4.69, 9.17) is 10.5 Å². The van der Waals surface area contributed by atoms with Gasteiger partial charge in [-0.05, 0) is 48.5 Å². The molecule has 0 fully saturated rings. The Hall–Kier alpha value is -1.62. The van der Waals surface area contributed by atoms with Gasteiger partial charge in [0.05, 0.1) is 12.8 Å². The lowest BCUT2D eigenvalue weighted by Crippen LogP contribution is -2.23. The lowest BCUT2D eigenvalue weighted by atomic mass is 10.2. The van der Waals surface area contributed by atoms with E-state index in [1.165, 1.54) is 0 Å². The van der Waals surface area contributed by atoms with Crippen LogP contribution < -0.4 is 15.9 Å². The van der Waals surface area contributed by atoms with E-state index in [9.17, 15) is 0 Å². The van der Waals surface area contributed by atoms with Crippen LogP contribution in [0.3, 0.4) is 0 Å². The van der Waals surface area contributed by atoms with Gasteiger partial charge in [0.15, 0.2) is 5.11 Å². The number of nitrogens with zero attached hydrogens (tertiary/aromatic N) is 1. The average Bonchev–Trinajstić information content (AvgIpc) is 2.27. The number of thiocarbonyl (C=S) groups is 1. The summed E-state index contributed by atoms with van der Waals surface area (Å²) in [6, 6.07) is 7.63. The smallest absolute Gasteiger partial charge is 0.184 e. The number of hydrazone groups is 1. The van der Waals surface area contributed by atoms with Crippen molar-refractivity contribution in [3.63, 3.8) is 0 Å². The lowest BCUT2D eigenvalue weighted by molar-refractivity contribution is 0.317. The minimum Gasteiger partial charge on any atom is -0.494 e. The molecule has 0 atom stereocenters. The highest BCUT2D eigenvalue weighted by atomic mass is 32.1. The monoisotopic (exact) mass is 237 g/mol. The number of benzene rings is 1. The molecule has 1 aromatic carbocycles. The Morgan fingerprint density at radius 3 is 2.75 bits per heavy atom. The fraction of sp³-hybridized carbons (Fsp3) is 0.273. The number of nitrogens with two attached hydrogens (primary N) is 1. The molecule has 0 aliphatic rings. The van der Waals surface area contributed by atoms with Crippen molar-refractivity contribution in [2.45, 2.75) is 13.3 Å². The molecule has 0 radical (unpaired) electrons. The van der Waals surface area contributed by atoms with Crippen LogP contribution in [0.4, 0.5) is 0 Å². The third-order valence-corrected chi connectivity index (χ3v) is 1.83. The molecule has 16 heavy (non-hydrogen) atoms. The van der Waals surface area contributed by atoms with E-state index in [0.717, 1.165) is 24.3 Å². The van der Waals surface area contributed by atoms with Crippen molar-refractivity contribution >= 4 is 23.5 Å². The molecule has 0 aliphatic heterocycles. The van der Waals surface area contributed by atoms with Crippen LogP contribution in [0.1, 0.15) is 18.9 Å². The van der Waals surface area contributed by atoms with Gasteiger partial charge in [-0.3, -0.25) is 5.43 Å². The summed E-state index contributed by atoms with van der Waals surface area (Å²) >= 11 is 4.61. The summed E-state index contributed by atoms with van der Waals surface area (Å²) in [6.45, 7) is 2.80. The first-order valence-corrected chi connectivity index (χ1v) is 5.44. The van der Waals surface area contributed by atoms with Crippen LogP contribution in [-0.4, -0.2) is 17.9 Å². The van der Waals surface area contributed by atoms with Crippen LogP contribution in [0.2, 0.25) is 0 Å². The molecule has 86 valence electrons. The van der Waals surface area contributed by atoms with Gasteiger partial charge in [0.25, 0.3) is 0 Å². The Balaban J connectivity index is 2.50. The molecule has 0 saturated heterocycles. The molecule has 0 spiro atoms. The predicted octanol–water partition coefficient (Wildman–Crippen LogP) is 1.64. The largest absolute Gasteiger partial charge is 0.494 e. The molecule has 0 unspecified atom stereocenters. The Kier molecular flexibility index (Phi) is 5.28. The van der Waals surface area contributed by atoms with Gasteiger partial charge in [-0.15, -0.1) is 0 Å². The number of hydrogen-bond acceptors (Lipinski definition) is 3. The summed E-state index contributed by atoms with van der Waals surface area (Å²) in [4.78, 5) is 0. The quantitative estimate of drug-likeness (QED) is 0.464. The molecule has 0 aliphatic carbocycles. The molecule has 0 bridgehead atoms. The van der Waals surface area contributed by atoms with Gasteiger partial charge in [0, 0.05) is 0 Å². The van der Waals surface area contributed by atoms with Crippen molar-refractivity contribution in [1.82, 2.24) is 5.43 Å². The third kappa shape index (κ3) is 4.75. The van der Waals surface area contributed by atoms with Gasteiger partial charge in [-0.25, -0.2) is 0 Å². The van der Waals surface area contributed by atoms with Crippen LogP contribution in [-0.2, 0) is 0 Å². The van der Waals surface area contributed by atoms with Crippen LogP contribution in [0.5, 0.6) is 5.75 Å². The Labute approximate surface area is 100 Å². The van der Waals surface area contributed by atoms with E-state index in [1.54, 1.807) is 6.21 Å². The van der Waals surface area contributed by atoms with Crippen molar-refractivity contribution < 1.29 is 4.74 Å². The summed E-state index contributed by atoms with van der Waals surface area (Å²) < 4.78 is 5.45. The zero-order chi connectivity index (χ0) is 11.8. The van der Waals surface area contributed by atoms with Gasteiger partial charge in [-0.1, -0.05) is 6.92 Å². The van der Waals surface area contributed by atoms with Crippen molar-refractivity contribution in [2.75, 3.05) is 6.61 Å². The zero-order valence-electron chi connectivity index (χ0n) is 9.14. The molecule has 1 aromatic rings. The summed E-state index contributed by atoms with van der Waals surface area (Å²) in [7, 11) is 0. The maximum atomic E-state index is 5.45. The molecular weight excluding hydrogens is 222 g/mol. The predicted molar refractivity (Wildman–Crippen MR) is 69.7 cm³/mol. The van der Waals surface area contributed by atoms with E-state index in [0.29, 0.717) is 0 Å². The highest BCUT2D eigenvalue weighted by molar-refractivity contribution is 7.80. The summed E-state index contributed by atoms with van der Waals surface area (Å²) in [5.41, 5.74) is 8.66. The van der Waals surface area contributed by atoms with E-state index in [2.05, 4.69) is 29.7 Å². The first kappa shape index (κ1) is 12.4. The second kappa shape index (κ2) is 6.79. The highest BCUT2D eigenvalue weighted by Crippen LogP contribution is 2.11. The fourth-order valence-corrected chi connectivity index (χ4v) is 1.09. The van der Waals surface area contributed by atoms with Gasteiger partial charge in [0.2, 0.25) is 0 Å². The fourth-order valence-electron chi connectivity index (χ4n) is 1.04. The molecule has 0 aromatic heterocycles. The Morgan fingerprint density at radius 1 is 1.50 bits per heavy atom. The summed E-state index contributed by atoms with van der Waals surface area (Å²) in [6.07, 6.45) is 2.64. The van der Waals surface area contributed by atoms with E-state index in [-0.39, 0.29) is 5.11 Å². The Bertz CT molecular complexity index is 362.